The van der Waals surface area contributed by atoms with E-state index in [0.717, 1.165) is 46.9 Å². The standard InChI is InChI=1S/C26H35N7O4/c1-2-35-12-13-37-15-14-36-11-8-21(34)6-4-3-5-10-33-26-22(24(27)30-18-31-26)23(32-33)20-16-19-7-9-28-25(19)29-17-20/h7,9,16-18H,2-6,8,10-15H2,1H3,(H,28,29)(H2,27,30,31). The number of aromatic nitrogens is 6. The number of ether oxygens (including phenoxy) is 3. The third kappa shape index (κ3) is 7.31. The highest BCUT2D eigenvalue weighted by molar-refractivity contribution is 5.99. The summed E-state index contributed by atoms with van der Waals surface area (Å²) in [4.78, 5) is 28.3. The van der Waals surface area contributed by atoms with Crippen molar-refractivity contribution < 1.29 is 19.0 Å². The number of H-pyrrole nitrogens is 1. The maximum atomic E-state index is 12.1. The van der Waals surface area contributed by atoms with Crippen molar-refractivity contribution in [3.8, 4) is 11.3 Å². The van der Waals surface area contributed by atoms with Crippen molar-refractivity contribution in [1.82, 2.24) is 29.7 Å². The summed E-state index contributed by atoms with van der Waals surface area (Å²) in [5.74, 6) is 0.613. The van der Waals surface area contributed by atoms with Gasteiger partial charge in [-0.3, -0.25) is 4.79 Å². The Morgan fingerprint density at radius 1 is 1.00 bits per heavy atom. The van der Waals surface area contributed by atoms with Crippen molar-refractivity contribution in [1.29, 1.82) is 0 Å². The van der Waals surface area contributed by atoms with Gasteiger partial charge in [0.05, 0.1) is 38.4 Å². The highest BCUT2D eigenvalue weighted by Gasteiger charge is 2.17. The number of unbranched alkanes of at least 4 members (excludes halogenated alkanes) is 2. The average Bonchev–Trinajstić information content (AvgIpc) is 3.52. The zero-order valence-electron chi connectivity index (χ0n) is 21.3. The topological polar surface area (TPSA) is 143 Å². The van der Waals surface area contributed by atoms with Crippen molar-refractivity contribution >= 4 is 33.7 Å². The van der Waals surface area contributed by atoms with Gasteiger partial charge in [0.2, 0.25) is 0 Å². The fraction of sp³-hybridized carbons (Fsp3) is 0.500. The van der Waals surface area contributed by atoms with E-state index >= 15 is 0 Å². The Morgan fingerprint density at radius 3 is 2.65 bits per heavy atom. The lowest BCUT2D eigenvalue weighted by atomic mass is 10.1. The van der Waals surface area contributed by atoms with Crippen LogP contribution >= 0.6 is 0 Å². The number of ketones is 1. The second-order valence-corrected chi connectivity index (χ2v) is 8.69. The maximum Gasteiger partial charge on any atom is 0.163 e. The van der Waals surface area contributed by atoms with Crippen LogP contribution in [0.4, 0.5) is 5.82 Å². The summed E-state index contributed by atoms with van der Waals surface area (Å²) in [6.07, 6.45) is 8.69. The molecule has 11 heteroatoms. The summed E-state index contributed by atoms with van der Waals surface area (Å²) in [5, 5.41) is 6.54. The number of anilines is 1. The minimum atomic E-state index is 0.220. The molecular formula is C26H35N7O4. The SMILES string of the molecule is CCOCCOCCOCCC(=O)CCCCCn1nc(-c2cnc3[nH]ccc3c2)c2c(N)ncnc21. The number of aromatic amines is 1. The van der Waals surface area contributed by atoms with Crippen molar-refractivity contribution in [3.05, 3.63) is 30.9 Å². The van der Waals surface area contributed by atoms with Crippen LogP contribution in [0.15, 0.2) is 30.9 Å². The predicted molar refractivity (Wildman–Crippen MR) is 141 cm³/mol. The van der Waals surface area contributed by atoms with E-state index in [2.05, 4.69) is 19.9 Å². The first-order valence-electron chi connectivity index (χ1n) is 12.8. The molecule has 0 saturated heterocycles. The highest BCUT2D eigenvalue weighted by Crippen LogP contribution is 2.31. The molecule has 198 valence electrons. The number of pyridine rings is 1. The molecule has 0 saturated carbocycles. The van der Waals surface area contributed by atoms with Gasteiger partial charge < -0.3 is 24.9 Å². The molecule has 0 radical (unpaired) electrons. The van der Waals surface area contributed by atoms with Crippen LogP contribution in [-0.4, -0.2) is 75.1 Å². The summed E-state index contributed by atoms with van der Waals surface area (Å²) < 4.78 is 17.9. The molecule has 4 heterocycles. The van der Waals surface area contributed by atoms with Gasteiger partial charge in [-0.05, 0) is 31.9 Å². The van der Waals surface area contributed by atoms with Gasteiger partial charge in [0.1, 0.15) is 29.3 Å². The van der Waals surface area contributed by atoms with Gasteiger partial charge >= 0.3 is 0 Å². The van der Waals surface area contributed by atoms with Gasteiger partial charge in [-0.15, -0.1) is 0 Å². The van der Waals surface area contributed by atoms with E-state index in [1.54, 1.807) is 6.20 Å². The number of nitrogen functional groups attached to an aromatic ring is 1. The third-order valence-corrected chi connectivity index (χ3v) is 6.03. The number of hydrogen-bond acceptors (Lipinski definition) is 9. The molecule has 11 nitrogen and oxygen atoms in total. The van der Waals surface area contributed by atoms with Crippen molar-refractivity contribution in [2.45, 2.75) is 45.6 Å². The zero-order chi connectivity index (χ0) is 25.9. The molecule has 0 amide bonds. The normalized spacial score (nSPS) is 11.6. The summed E-state index contributed by atoms with van der Waals surface area (Å²) in [6, 6.07) is 4.00. The molecule has 0 fully saturated rings. The van der Waals surface area contributed by atoms with Crippen LogP contribution in [-0.2, 0) is 25.5 Å². The molecule has 0 unspecified atom stereocenters. The second kappa shape index (κ2) is 13.8. The largest absolute Gasteiger partial charge is 0.383 e. The van der Waals surface area contributed by atoms with Crippen LogP contribution < -0.4 is 5.73 Å². The van der Waals surface area contributed by atoms with Crippen LogP contribution in [0.3, 0.4) is 0 Å². The van der Waals surface area contributed by atoms with Crippen molar-refractivity contribution in [2.75, 3.05) is 45.4 Å². The lowest BCUT2D eigenvalue weighted by Gasteiger charge is -2.06. The van der Waals surface area contributed by atoms with Crippen LogP contribution in [0.1, 0.15) is 39.0 Å². The lowest BCUT2D eigenvalue weighted by Crippen LogP contribution is -2.11. The van der Waals surface area contributed by atoms with E-state index in [0.29, 0.717) is 70.5 Å². The van der Waals surface area contributed by atoms with Gasteiger partial charge in [0, 0.05) is 49.3 Å². The maximum absolute atomic E-state index is 12.1. The first-order valence-corrected chi connectivity index (χ1v) is 12.8. The quantitative estimate of drug-likeness (QED) is 0.204. The van der Waals surface area contributed by atoms with E-state index in [4.69, 9.17) is 25.0 Å². The van der Waals surface area contributed by atoms with Gasteiger partial charge in [-0.1, -0.05) is 6.42 Å². The minimum Gasteiger partial charge on any atom is -0.383 e. The Hall–Kier alpha value is -3.41. The number of nitrogens with one attached hydrogen (secondary N) is 1. The Labute approximate surface area is 215 Å². The van der Waals surface area contributed by atoms with Gasteiger partial charge in [-0.2, -0.15) is 5.10 Å². The van der Waals surface area contributed by atoms with E-state index in [1.807, 2.05) is 29.9 Å². The predicted octanol–water partition coefficient (Wildman–Crippen LogP) is 3.54. The van der Waals surface area contributed by atoms with E-state index in [1.165, 1.54) is 6.33 Å². The summed E-state index contributed by atoms with van der Waals surface area (Å²) in [6.45, 7) is 5.91. The van der Waals surface area contributed by atoms with Crippen molar-refractivity contribution in [2.24, 2.45) is 0 Å². The van der Waals surface area contributed by atoms with E-state index < -0.39 is 0 Å². The molecule has 4 aromatic heterocycles. The zero-order valence-corrected chi connectivity index (χ0v) is 21.3. The average molecular weight is 510 g/mol. The third-order valence-electron chi connectivity index (χ3n) is 6.03. The van der Waals surface area contributed by atoms with Gasteiger partial charge in [-0.25, -0.2) is 19.6 Å². The first-order chi connectivity index (χ1) is 18.2. The van der Waals surface area contributed by atoms with Crippen LogP contribution in [0, 0.1) is 0 Å². The molecule has 4 rings (SSSR count). The number of rotatable bonds is 17. The fourth-order valence-corrected chi connectivity index (χ4v) is 4.11. The van der Waals surface area contributed by atoms with E-state index in [9.17, 15) is 4.79 Å². The van der Waals surface area contributed by atoms with Gasteiger partial charge in [0.15, 0.2) is 5.65 Å². The molecule has 0 bridgehead atoms. The number of nitrogens with zero attached hydrogens (tertiary/aromatic N) is 5. The number of aryl methyl sites for hydroxylation is 1. The number of fused-ring (bicyclic) bond motifs is 2. The lowest BCUT2D eigenvalue weighted by molar-refractivity contribution is -0.120. The second-order valence-electron chi connectivity index (χ2n) is 8.69. The number of carbonyl (C=O) groups excluding carboxylic acids is 1. The Kier molecular flexibility index (Phi) is 9.92. The summed E-state index contributed by atoms with van der Waals surface area (Å²) >= 11 is 0. The molecular weight excluding hydrogens is 474 g/mol. The van der Waals surface area contributed by atoms with E-state index in [-0.39, 0.29) is 5.78 Å². The number of Topliss-reactive ketones (excluding diaryl/α,β-unsaturated/α-hetero) is 1. The molecule has 0 atom stereocenters. The molecule has 0 aliphatic heterocycles. The Bertz CT molecular complexity index is 1290. The summed E-state index contributed by atoms with van der Waals surface area (Å²) in [5.41, 5.74) is 9.32. The molecule has 4 aromatic rings. The minimum absolute atomic E-state index is 0.220. The molecule has 0 spiro atoms. The van der Waals surface area contributed by atoms with Crippen LogP contribution in [0.5, 0.6) is 0 Å². The first kappa shape index (κ1) is 26.6. The molecule has 37 heavy (non-hydrogen) atoms. The summed E-state index contributed by atoms with van der Waals surface area (Å²) in [7, 11) is 0. The number of hydrogen-bond donors (Lipinski definition) is 2. The number of carbonyl (C=O) groups is 1. The number of nitrogens with two attached hydrogens (primary N) is 1. The molecule has 3 N–H and O–H groups in total. The molecule has 0 aliphatic carbocycles. The molecule has 0 aliphatic rings. The highest BCUT2D eigenvalue weighted by atomic mass is 16.5. The Balaban J connectivity index is 1.21. The van der Waals surface area contributed by atoms with Crippen LogP contribution in [0.2, 0.25) is 0 Å². The van der Waals surface area contributed by atoms with Crippen molar-refractivity contribution in [3.63, 3.8) is 0 Å². The Morgan fingerprint density at radius 2 is 1.81 bits per heavy atom. The monoisotopic (exact) mass is 509 g/mol. The molecule has 0 aromatic carbocycles. The fourth-order valence-electron chi connectivity index (χ4n) is 4.11. The van der Waals surface area contributed by atoms with Crippen LogP contribution in [0.25, 0.3) is 33.3 Å². The smallest absolute Gasteiger partial charge is 0.163 e. The van der Waals surface area contributed by atoms with Gasteiger partial charge in [0.25, 0.3) is 0 Å².